The molecule has 30 heavy (non-hydrogen) atoms. The highest BCUT2D eigenvalue weighted by Gasteiger charge is 2.45. The molecule has 3 heterocycles. The number of hydrogen-bond acceptors (Lipinski definition) is 4. The Balaban J connectivity index is 1.44. The number of amides is 2. The molecule has 4 rings (SSSR count). The summed E-state index contributed by atoms with van der Waals surface area (Å²) in [5.41, 5.74) is 2.39. The fourth-order valence-electron chi connectivity index (χ4n) is 4.85. The molecule has 0 aliphatic carbocycles. The number of pyridine rings is 1. The average molecular weight is 408 g/mol. The van der Waals surface area contributed by atoms with Gasteiger partial charge in [-0.2, -0.15) is 0 Å². The second-order valence-corrected chi connectivity index (χ2v) is 8.76. The fraction of sp³-hybridized carbons (Fsp3) is 0.458. The summed E-state index contributed by atoms with van der Waals surface area (Å²) >= 11 is 0. The van der Waals surface area contributed by atoms with Gasteiger partial charge in [0, 0.05) is 45.4 Å². The van der Waals surface area contributed by atoms with Gasteiger partial charge in [-0.3, -0.25) is 14.6 Å². The Kier molecular flexibility index (Phi) is 5.60. The molecule has 0 spiro atoms. The number of rotatable bonds is 4. The van der Waals surface area contributed by atoms with E-state index in [1.807, 2.05) is 42.2 Å². The van der Waals surface area contributed by atoms with Crippen LogP contribution in [0.2, 0.25) is 0 Å². The lowest BCUT2D eigenvalue weighted by atomic mass is 9.84. The molecular formula is C24H29N3O3. The van der Waals surface area contributed by atoms with Crippen molar-refractivity contribution in [1.29, 1.82) is 0 Å². The van der Waals surface area contributed by atoms with Crippen molar-refractivity contribution in [2.45, 2.75) is 44.2 Å². The van der Waals surface area contributed by atoms with Gasteiger partial charge in [0.1, 0.15) is 0 Å². The maximum Gasteiger partial charge on any atom is 0.228 e. The number of aromatic nitrogens is 1. The molecular weight excluding hydrogens is 378 g/mol. The molecule has 0 saturated carbocycles. The molecule has 2 saturated heterocycles. The van der Waals surface area contributed by atoms with Crippen LogP contribution in [0, 0.1) is 12.8 Å². The van der Waals surface area contributed by atoms with Gasteiger partial charge in [0.2, 0.25) is 11.8 Å². The maximum absolute atomic E-state index is 13.3. The topological polar surface area (TPSA) is 73.7 Å². The van der Waals surface area contributed by atoms with E-state index in [-0.39, 0.29) is 24.3 Å². The molecule has 0 unspecified atom stereocenters. The zero-order chi connectivity index (χ0) is 21.3. The summed E-state index contributed by atoms with van der Waals surface area (Å²) < 4.78 is 0. The van der Waals surface area contributed by atoms with Crippen LogP contribution in [-0.4, -0.2) is 57.4 Å². The van der Waals surface area contributed by atoms with Crippen LogP contribution in [0.25, 0.3) is 0 Å². The van der Waals surface area contributed by atoms with Crippen LogP contribution >= 0.6 is 0 Å². The van der Waals surface area contributed by atoms with Gasteiger partial charge in [-0.1, -0.05) is 35.9 Å². The summed E-state index contributed by atoms with van der Waals surface area (Å²) in [6.07, 6.45) is 5.33. The van der Waals surface area contributed by atoms with Gasteiger partial charge >= 0.3 is 0 Å². The SMILES string of the molecule is Cc1cccc(CC2(O)CCN(C(=O)[C@@H]3CC(=O)N(C)[C@@H]3c3cccnc3)CC2)c1. The normalized spacial score (nSPS) is 23.6. The maximum atomic E-state index is 13.3. The van der Waals surface area contributed by atoms with Crippen molar-refractivity contribution in [3.8, 4) is 0 Å². The van der Waals surface area contributed by atoms with Crippen molar-refractivity contribution in [1.82, 2.24) is 14.8 Å². The highest BCUT2D eigenvalue weighted by molar-refractivity contribution is 5.90. The van der Waals surface area contributed by atoms with Crippen LogP contribution in [0.5, 0.6) is 0 Å². The molecule has 1 aromatic heterocycles. The third-order valence-electron chi connectivity index (χ3n) is 6.55. The Hall–Kier alpha value is -2.73. The smallest absolute Gasteiger partial charge is 0.228 e. The van der Waals surface area contributed by atoms with E-state index in [2.05, 4.69) is 11.1 Å². The number of carbonyl (C=O) groups is 2. The number of carbonyl (C=O) groups excluding carboxylic acids is 2. The molecule has 2 aromatic rings. The van der Waals surface area contributed by atoms with Gasteiger partial charge in [-0.25, -0.2) is 0 Å². The van der Waals surface area contributed by atoms with Gasteiger partial charge < -0.3 is 14.9 Å². The van der Waals surface area contributed by atoms with E-state index in [1.54, 1.807) is 24.3 Å². The van der Waals surface area contributed by atoms with Crippen LogP contribution in [0.4, 0.5) is 0 Å². The second kappa shape index (κ2) is 8.19. The standard InChI is InChI=1S/C24H29N3O3/c1-17-5-3-6-18(13-17)15-24(30)8-11-27(12-9-24)23(29)20-14-21(28)26(2)22(20)19-7-4-10-25-16-19/h3-7,10,13,16,20,22,30H,8-9,11-12,14-15H2,1-2H3/t20-,22-/m1/s1. The monoisotopic (exact) mass is 407 g/mol. The molecule has 158 valence electrons. The number of hydrogen-bond donors (Lipinski definition) is 1. The van der Waals surface area contributed by atoms with Gasteiger partial charge in [0.25, 0.3) is 0 Å². The van der Waals surface area contributed by atoms with Gasteiger partial charge in [-0.15, -0.1) is 0 Å². The Morgan fingerprint density at radius 3 is 2.67 bits per heavy atom. The number of nitrogens with zero attached hydrogens (tertiary/aromatic N) is 3. The minimum Gasteiger partial charge on any atom is -0.389 e. The van der Waals surface area contributed by atoms with E-state index in [0.29, 0.717) is 32.4 Å². The van der Waals surface area contributed by atoms with Crippen molar-refractivity contribution in [3.63, 3.8) is 0 Å². The summed E-state index contributed by atoms with van der Waals surface area (Å²) in [5.74, 6) is -0.427. The van der Waals surface area contributed by atoms with E-state index in [1.165, 1.54) is 5.56 Å². The van der Waals surface area contributed by atoms with E-state index in [0.717, 1.165) is 11.1 Å². The summed E-state index contributed by atoms with van der Waals surface area (Å²) in [6, 6.07) is 11.7. The summed E-state index contributed by atoms with van der Waals surface area (Å²) in [7, 11) is 1.75. The Bertz CT molecular complexity index is 922. The van der Waals surface area contributed by atoms with Crippen molar-refractivity contribution in [2.75, 3.05) is 20.1 Å². The molecule has 2 aliphatic heterocycles. The highest BCUT2D eigenvalue weighted by atomic mass is 16.3. The highest BCUT2D eigenvalue weighted by Crippen LogP contribution is 2.38. The first-order chi connectivity index (χ1) is 14.4. The minimum atomic E-state index is -0.796. The van der Waals surface area contributed by atoms with E-state index in [4.69, 9.17) is 0 Å². The predicted molar refractivity (Wildman–Crippen MR) is 114 cm³/mol. The summed E-state index contributed by atoms with van der Waals surface area (Å²) in [5, 5.41) is 11.1. The first-order valence-electron chi connectivity index (χ1n) is 10.6. The molecule has 2 amide bonds. The molecule has 0 bridgehead atoms. The van der Waals surface area contributed by atoms with Crippen LogP contribution < -0.4 is 0 Å². The van der Waals surface area contributed by atoms with Gasteiger partial charge in [0.05, 0.1) is 17.6 Å². The van der Waals surface area contributed by atoms with Crippen molar-refractivity contribution < 1.29 is 14.7 Å². The first-order valence-corrected chi connectivity index (χ1v) is 10.6. The van der Waals surface area contributed by atoms with Crippen molar-refractivity contribution in [3.05, 3.63) is 65.5 Å². The summed E-state index contributed by atoms with van der Waals surface area (Å²) in [6.45, 7) is 3.07. The van der Waals surface area contributed by atoms with Crippen LogP contribution in [-0.2, 0) is 16.0 Å². The number of aliphatic hydroxyl groups is 1. The number of benzene rings is 1. The fourth-order valence-corrected chi connectivity index (χ4v) is 4.85. The van der Waals surface area contributed by atoms with Crippen molar-refractivity contribution in [2.24, 2.45) is 5.92 Å². The lowest BCUT2D eigenvalue weighted by Crippen LogP contribution is -2.49. The number of piperidine rings is 1. The van der Waals surface area contributed by atoms with Gasteiger partial charge in [-0.05, 0) is 37.0 Å². The second-order valence-electron chi connectivity index (χ2n) is 8.76. The molecule has 2 fully saturated rings. The van der Waals surface area contributed by atoms with E-state index < -0.39 is 11.5 Å². The van der Waals surface area contributed by atoms with Crippen LogP contribution in [0.3, 0.4) is 0 Å². The third kappa shape index (κ3) is 4.10. The largest absolute Gasteiger partial charge is 0.389 e. The molecule has 2 atom stereocenters. The lowest BCUT2D eigenvalue weighted by Gasteiger charge is -2.40. The zero-order valence-corrected chi connectivity index (χ0v) is 17.6. The van der Waals surface area contributed by atoms with Crippen molar-refractivity contribution >= 4 is 11.8 Å². The average Bonchev–Trinajstić information content (AvgIpc) is 3.03. The van der Waals surface area contributed by atoms with Gasteiger partial charge in [0.15, 0.2) is 0 Å². The Morgan fingerprint density at radius 2 is 2.00 bits per heavy atom. The number of aryl methyl sites for hydroxylation is 1. The molecule has 1 N–H and O–H groups in total. The lowest BCUT2D eigenvalue weighted by molar-refractivity contribution is -0.140. The molecule has 0 radical (unpaired) electrons. The minimum absolute atomic E-state index is 0.000779. The zero-order valence-electron chi connectivity index (χ0n) is 17.6. The molecule has 2 aliphatic rings. The quantitative estimate of drug-likeness (QED) is 0.845. The third-order valence-corrected chi connectivity index (χ3v) is 6.55. The molecule has 1 aromatic carbocycles. The predicted octanol–water partition coefficient (Wildman–Crippen LogP) is 2.51. The Labute approximate surface area is 177 Å². The molecule has 6 heteroatoms. The van der Waals surface area contributed by atoms with Crippen LogP contribution in [0.15, 0.2) is 48.8 Å². The number of likely N-dealkylation sites (tertiary alicyclic amines) is 2. The first kappa shape index (κ1) is 20.5. The Morgan fingerprint density at radius 1 is 1.23 bits per heavy atom. The van der Waals surface area contributed by atoms with E-state index >= 15 is 0 Å². The van der Waals surface area contributed by atoms with E-state index in [9.17, 15) is 14.7 Å². The van der Waals surface area contributed by atoms with Crippen LogP contribution in [0.1, 0.15) is 42.0 Å². The summed E-state index contributed by atoms with van der Waals surface area (Å²) in [4.78, 5) is 33.4. The molecule has 6 nitrogen and oxygen atoms in total.